The first-order chi connectivity index (χ1) is 15.4. The van der Waals surface area contributed by atoms with E-state index in [-0.39, 0.29) is 11.3 Å². The molecular weight excluding hydrogens is 404 g/mol. The smallest absolute Gasteiger partial charge is 0.295 e. The Morgan fingerprint density at radius 1 is 1.09 bits per heavy atom. The Labute approximate surface area is 190 Å². The predicted molar refractivity (Wildman–Crippen MR) is 126 cm³/mol. The van der Waals surface area contributed by atoms with Crippen molar-refractivity contribution in [3.63, 3.8) is 0 Å². The first-order valence-electron chi connectivity index (χ1n) is 11.1. The summed E-state index contributed by atoms with van der Waals surface area (Å²) in [6.45, 7) is 9.35. The van der Waals surface area contributed by atoms with Crippen molar-refractivity contribution in [3.05, 3.63) is 70.8 Å². The largest absolute Gasteiger partial charge is 0.507 e. The summed E-state index contributed by atoms with van der Waals surface area (Å²) in [7, 11) is 1.54. The number of Topliss-reactive ketones (excluding diaryl/α,β-unsaturated/α-hetero) is 1. The molecule has 0 radical (unpaired) electrons. The van der Waals surface area contributed by atoms with E-state index in [0.29, 0.717) is 17.9 Å². The van der Waals surface area contributed by atoms with Gasteiger partial charge < -0.3 is 19.6 Å². The van der Waals surface area contributed by atoms with Gasteiger partial charge in [-0.15, -0.1) is 0 Å². The van der Waals surface area contributed by atoms with Crippen LogP contribution in [0.5, 0.6) is 5.75 Å². The molecule has 1 N–H and O–H groups in total. The lowest BCUT2D eigenvalue weighted by Gasteiger charge is -2.27. The van der Waals surface area contributed by atoms with E-state index < -0.39 is 17.7 Å². The lowest BCUT2D eigenvalue weighted by molar-refractivity contribution is -0.140. The monoisotopic (exact) mass is 436 g/mol. The SMILES string of the molecule is CCN(CC)CCCN1C(=O)C(=O)/C(=C(\O)c2cccc(OC)c2)C1c1ccc(C)cc1. The molecule has 0 aliphatic carbocycles. The maximum atomic E-state index is 13.1. The van der Waals surface area contributed by atoms with Gasteiger partial charge in [0.15, 0.2) is 0 Å². The highest BCUT2D eigenvalue weighted by Crippen LogP contribution is 2.39. The second kappa shape index (κ2) is 10.5. The summed E-state index contributed by atoms with van der Waals surface area (Å²) in [5.74, 6) is -0.841. The molecule has 1 amide bonds. The van der Waals surface area contributed by atoms with Gasteiger partial charge in [-0.3, -0.25) is 9.59 Å². The molecule has 1 atom stereocenters. The van der Waals surface area contributed by atoms with Crippen molar-refractivity contribution in [2.45, 2.75) is 33.2 Å². The number of rotatable bonds is 9. The molecule has 170 valence electrons. The summed E-state index contributed by atoms with van der Waals surface area (Å²) in [4.78, 5) is 30.0. The molecule has 32 heavy (non-hydrogen) atoms. The fourth-order valence-corrected chi connectivity index (χ4v) is 4.14. The van der Waals surface area contributed by atoms with Crippen LogP contribution >= 0.6 is 0 Å². The summed E-state index contributed by atoms with van der Waals surface area (Å²) >= 11 is 0. The van der Waals surface area contributed by atoms with Crippen molar-refractivity contribution in [2.75, 3.05) is 33.3 Å². The Bertz CT molecular complexity index is 993. The van der Waals surface area contributed by atoms with Gasteiger partial charge in [0, 0.05) is 12.1 Å². The van der Waals surface area contributed by atoms with Gasteiger partial charge in [0.05, 0.1) is 18.7 Å². The molecule has 1 aliphatic rings. The van der Waals surface area contributed by atoms with Gasteiger partial charge in [-0.05, 0) is 50.7 Å². The fraction of sp³-hybridized carbons (Fsp3) is 0.385. The number of aryl methyl sites for hydroxylation is 1. The van der Waals surface area contributed by atoms with Gasteiger partial charge in [-0.25, -0.2) is 0 Å². The molecule has 1 saturated heterocycles. The lowest BCUT2D eigenvalue weighted by Crippen LogP contribution is -2.33. The van der Waals surface area contributed by atoms with E-state index in [2.05, 4.69) is 18.7 Å². The third kappa shape index (κ3) is 4.86. The minimum absolute atomic E-state index is 0.120. The van der Waals surface area contributed by atoms with E-state index in [1.165, 1.54) is 0 Å². The minimum atomic E-state index is -0.654. The van der Waals surface area contributed by atoms with Crippen molar-refractivity contribution in [1.29, 1.82) is 0 Å². The molecule has 0 aromatic heterocycles. The van der Waals surface area contributed by atoms with Crippen LogP contribution in [0.15, 0.2) is 54.1 Å². The average Bonchev–Trinajstić information content (AvgIpc) is 3.07. The van der Waals surface area contributed by atoms with E-state index >= 15 is 0 Å². The molecule has 1 heterocycles. The number of carbonyl (C=O) groups excluding carboxylic acids is 2. The summed E-state index contributed by atoms with van der Waals surface area (Å²) in [6.07, 6.45) is 0.746. The molecule has 2 aromatic rings. The third-order valence-corrected chi connectivity index (χ3v) is 6.04. The maximum absolute atomic E-state index is 13.1. The number of ketones is 1. The Balaban J connectivity index is 2.03. The minimum Gasteiger partial charge on any atom is -0.507 e. The molecular formula is C26H32N2O4. The zero-order valence-corrected chi connectivity index (χ0v) is 19.3. The number of nitrogens with zero attached hydrogens (tertiary/aromatic N) is 2. The van der Waals surface area contributed by atoms with Gasteiger partial charge >= 0.3 is 0 Å². The first kappa shape index (κ1) is 23.5. The highest BCUT2D eigenvalue weighted by atomic mass is 16.5. The molecule has 0 bridgehead atoms. The highest BCUT2D eigenvalue weighted by molar-refractivity contribution is 6.46. The van der Waals surface area contributed by atoms with Crippen molar-refractivity contribution in [1.82, 2.24) is 9.80 Å². The second-order valence-corrected chi connectivity index (χ2v) is 8.02. The quantitative estimate of drug-likeness (QED) is 0.363. The van der Waals surface area contributed by atoms with Gasteiger partial charge in [0.2, 0.25) is 0 Å². The summed E-state index contributed by atoms with van der Waals surface area (Å²) < 4.78 is 5.26. The van der Waals surface area contributed by atoms with E-state index in [9.17, 15) is 14.7 Å². The Kier molecular flexibility index (Phi) is 7.70. The fourth-order valence-electron chi connectivity index (χ4n) is 4.14. The van der Waals surface area contributed by atoms with Gasteiger partial charge in [-0.2, -0.15) is 0 Å². The van der Waals surface area contributed by atoms with Crippen LogP contribution in [0.4, 0.5) is 0 Å². The number of hydrogen-bond acceptors (Lipinski definition) is 5. The van der Waals surface area contributed by atoms with E-state index in [4.69, 9.17) is 4.74 Å². The van der Waals surface area contributed by atoms with E-state index in [1.807, 2.05) is 31.2 Å². The van der Waals surface area contributed by atoms with Gasteiger partial charge in [0.25, 0.3) is 11.7 Å². The highest BCUT2D eigenvalue weighted by Gasteiger charge is 2.45. The molecule has 1 unspecified atom stereocenters. The van der Waals surface area contributed by atoms with Gasteiger partial charge in [-0.1, -0.05) is 55.8 Å². The van der Waals surface area contributed by atoms with Gasteiger partial charge in [0.1, 0.15) is 11.5 Å². The number of aliphatic hydroxyl groups excluding tert-OH is 1. The Morgan fingerprint density at radius 3 is 2.41 bits per heavy atom. The van der Waals surface area contributed by atoms with E-state index in [0.717, 1.165) is 37.2 Å². The number of hydrogen-bond donors (Lipinski definition) is 1. The van der Waals surface area contributed by atoms with Crippen LogP contribution in [0.3, 0.4) is 0 Å². The number of methoxy groups -OCH3 is 1. The predicted octanol–water partition coefficient (Wildman–Crippen LogP) is 4.16. The number of carbonyl (C=O) groups is 2. The molecule has 1 fully saturated rings. The Hall–Kier alpha value is -3.12. The first-order valence-corrected chi connectivity index (χ1v) is 11.1. The van der Waals surface area contributed by atoms with Crippen LogP contribution in [-0.2, 0) is 9.59 Å². The topological polar surface area (TPSA) is 70.1 Å². The van der Waals surface area contributed by atoms with Crippen molar-refractivity contribution in [3.8, 4) is 5.75 Å². The summed E-state index contributed by atoms with van der Waals surface area (Å²) in [5.41, 5.74) is 2.46. The molecule has 3 rings (SSSR count). The van der Waals surface area contributed by atoms with E-state index in [1.54, 1.807) is 36.3 Å². The van der Waals surface area contributed by atoms with Crippen LogP contribution < -0.4 is 4.74 Å². The second-order valence-electron chi connectivity index (χ2n) is 8.02. The van der Waals surface area contributed by atoms with Crippen LogP contribution in [-0.4, -0.2) is 59.9 Å². The maximum Gasteiger partial charge on any atom is 0.295 e. The van der Waals surface area contributed by atoms with Crippen LogP contribution in [0.1, 0.15) is 43.0 Å². The van der Waals surface area contributed by atoms with Crippen LogP contribution in [0, 0.1) is 6.92 Å². The van der Waals surface area contributed by atoms with Crippen molar-refractivity contribution >= 4 is 17.4 Å². The molecule has 6 nitrogen and oxygen atoms in total. The zero-order chi connectivity index (χ0) is 23.3. The third-order valence-electron chi connectivity index (χ3n) is 6.04. The average molecular weight is 437 g/mol. The normalized spacial score (nSPS) is 17.9. The summed E-state index contributed by atoms with van der Waals surface area (Å²) in [6, 6.07) is 14.0. The zero-order valence-electron chi connectivity index (χ0n) is 19.3. The standard InChI is InChI=1S/C26H32N2O4/c1-5-27(6-2)15-8-16-28-23(19-13-11-18(3)12-14-19)22(25(30)26(28)31)24(29)20-9-7-10-21(17-20)32-4/h7,9-14,17,23,29H,5-6,8,15-16H2,1-4H3/b24-22-. The summed E-state index contributed by atoms with van der Waals surface area (Å²) in [5, 5.41) is 11.1. The number of aliphatic hydroxyl groups is 1. The molecule has 2 aromatic carbocycles. The molecule has 6 heteroatoms. The number of ether oxygens (including phenoxy) is 1. The van der Waals surface area contributed by atoms with Crippen molar-refractivity contribution in [2.24, 2.45) is 0 Å². The van der Waals surface area contributed by atoms with Crippen LogP contribution in [0.2, 0.25) is 0 Å². The number of benzene rings is 2. The van der Waals surface area contributed by atoms with Crippen LogP contribution in [0.25, 0.3) is 5.76 Å². The Morgan fingerprint density at radius 2 is 1.78 bits per heavy atom. The molecule has 1 aliphatic heterocycles. The molecule has 0 saturated carbocycles. The number of amides is 1. The van der Waals surface area contributed by atoms with Crippen molar-refractivity contribution < 1.29 is 19.4 Å². The lowest BCUT2D eigenvalue weighted by atomic mass is 9.94. The number of likely N-dealkylation sites (tertiary alicyclic amines) is 1. The molecule has 0 spiro atoms.